The second-order valence-corrected chi connectivity index (χ2v) is 21.3. The molecule has 0 amide bonds. The van der Waals surface area contributed by atoms with Gasteiger partial charge in [0, 0.05) is 65.9 Å². The lowest BCUT2D eigenvalue weighted by Gasteiger charge is -2.54. The summed E-state index contributed by atoms with van der Waals surface area (Å²) < 4.78 is 21.2. The first kappa shape index (κ1) is 46.4. The van der Waals surface area contributed by atoms with Crippen molar-refractivity contribution in [1.29, 1.82) is 0 Å². The lowest BCUT2D eigenvalue weighted by Crippen LogP contribution is -2.60. The number of allylic oxidation sites excluding steroid dienone is 1. The number of aliphatic hydroxyl groups excluding tert-OH is 2. The molecule has 1 spiro atoms. The molecule has 6 aliphatic rings. The van der Waals surface area contributed by atoms with Gasteiger partial charge in [-0.05, 0) is 141 Å². The molecule has 2 saturated carbocycles. The predicted molar refractivity (Wildman–Crippen MR) is 263 cm³/mol. The zero-order chi connectivity index (χ0) is 48.9. The number of nitrogen functional groups attached to an aromatic ring is 1. The minimum absolute atomic E-state index is 0.0217. The number of aromatic nitrogens is 2. The van der Waals surface area contributed by atoms with Crippen molar-refractivity contribution >= 4 is 28.6 Å². The van der Waals surface area contributed by atoms with Gasteiger partial charge in [-0.3, -0.25) is 4.79 Å². The van der Waals surface area contributed by atoms with Crippen LogP contribution in [0.4, 0.5) is 11.6 Å². The van der Waals surface area contributed by atoms with E-state index in [0.29, 0.717) is 56.5 Å². The fourth-order valence-electron chi connectivity index (χ4n) is 14.6. The zero-order valence-electron chi connectivity index (χ0n) is 40.2. The molecule has 4 bridgehead atoms. The van der Waals surface area contributed by atoms with Crippen LogP contribution < -0.4 is 21.2 Å². The molecule has 2 aromatic carbocycles. The smallest absolute Gasteiger partial charge is 0.337 e. The van der Waals surface area contributed by atoms with Gasteiger partial charge < -0.3 is 50.5 Å². The molecule has 5 heterocycles. The molecule has 14 nitrogen and oxygen atoms in total. The SMILES string of the molecule is C/C=C(\C(=O)O[C@@H]1Cc2c3c(c4oc(CO)cc(=O)c4c2O)[C@@H]2c4ccnc(N)c4[C@H]([C@H]4CCc5cc(NCC)ncc5C[C@@H]4[C@]1(C)O3)C1(CCCC1)Cc1ccc(O)cc1[C@@H]2CO)C1(O)CCCC1. The third kappa shape index (κ3) is 7.13. The van der Waals surface area contributed by atoms with E-state index in [1.54, 1.807) is 31.3 Å². The number of esters is 1. The topological polar surface area (TPSA) is 231 Å². The van der Waals surface area contributed by atoms with Crippen molar-refractivity contribution in [2.75, 3.05) is 24.2 Å². The third-order valence-corrected chi connectivity index (χ3v) is 17.7. The van der Waals surface area contributed by atoms with E-state index in [4.69, 9.17) is 29.6 Å². The largest absolute Gasteiger partial charge is 0.508 e. The Bertz CT molecular complexity index is 3010. The number of hydrogen-bond acceptors (Lipinski definition) is 14. The summed E-state index contributed by atoms with van der Waals surface area (Å²) in [7, 11) is 0. The summed E-state index contributed by atoms with van der Waals surface area (Å²) in [6.45, 7) is 5.44. The zero-order valence-corrected chi connectivity index (χ0v) is 40.2. The Morgan fingerprint density at radius 2 is 1.74 bits per heavy atom. The number of anilines is 2. The van der Waals surface area contributed by atoms with E-state index >= 15 is 0 Å². The van der Waals surface area contributed by atoms with Gasteiger partial charge in [0.25, 0.3) is 0 Å². The highest BCUT2D eigenvalue weighted by molar-refractivity contribution is 5.93. The molecule has 2 fully saturated rings. The average molecular weight is 953 g/mol. The number of fused-ring (bicyclic) bond motifs is 10. The molecular weight excluding hydrogens is 889 g/mol. The minimum Gasteiger partial charge on any atom is -0.508 e. The summed E-state index contributed by atoms with van der Waals surface area (Å²) in [6.07, 6.45) is 12.6. The molecule has 0 saturated heterocycles. The molecular formula is C56H64N4O10. The number of nitrogens with one attached hydrogen (secondary N) is 1. The standard InChI is InChI=1S/C56H64N4O10/c1-4-39(56(67)17-8-9-18-56)53(66)69-42-24-37-49(65)46-41(64)23-33(27-61)68-51(46)47-44-35-14-19-59-52(57)45(35)48(55(15-6-7-16-55)25-30-10-12-32(63)22-36(30)38(44)28-62)34-13-11-29-21-43(58-5-2)60-26-31(29)20-40(34)54(42,3)70-50(37)47/h4,10,12,14,19,21-23,26,34,38,40,42,44,48,61-63,65,67H,5-9,11,13,15-18,20,24-25,27-28H2,1-3H3,(H2,57,59)(H,58,60)/b39-4+/t34-,38-,40-,42+,44+,48-,54-/m0/s1. The monoisotopic (exact) mass is 952 g/mol. The maximum Gasteiger partial charge on any atom is 0.337 e. The first-order valence-electron chi connectivity index (χ1n) is 25.4. The second kappa shape index (κ2) is 17.4. The maximum atomic E-state index is 15.0. The summed E-state index contributed by atoms with van der Waals surface area (Å²) in [4.78, 5) is 39.2. The number of benzene rings is 2. The summed E-state index contributed by atoms with van der Waals surface area (Å²) in [5, 5.41) is 61.9. The van der Waals surface area contributed by atoms with Crippen LogP contribution in [0.2, 0.25) is 0 Å². The van der Waals surface area contributed by atoms with Gasteiger partial charge in [0.1, 0.15) is 63.9 Å². The van der Waals surface area contributed by atoms with Crippen LogP contribution in [0, 0.1) is 17.3 Å². The number of aryl methyl sites for hydroxylation is 1. The number of aliphatic hydroxyl groups is 3. The summed E-state index contributed by atoms with van der Waals surface area (Å²) >= 11 is 0. The van der Waals surface area contributed by atoms with Gasteiger partial charge in [0.05, 0.1) is 17.8 Å². The number of phenols is 2. The maximum absolute atomic E-state index is 15.0. The summed E-state index contributed by atoms with van der Waals surface area (Å²) in [5.74, 6) is -2.42. The highest BCUT2D eigenvalue weighted by Gasteiger charge is 2.60. The number of phenolic OH excluding ortho intramolecular Hbond substituents is 2. The normalized spacial score (nSPS) is 27.2. The Hall–Kier alpha value is -5.96. The molecule has 3 aromatic heterocycles. The highest BCUT2D eigenvalue weighted by Crippen LogP contribution is 2.65. The lowest BCUT2D eigenvalue weighted by atomic mass is 9.55. The van der Waals surface area contributed by atoms with Crippen molar-refractivity contribution in [1.82, 2.24) is 9.97 Å². The molecule has 2 aliphatic heterocycles. The van der Waals surface area contributed by atoms with E-state index in [1.807, 2.05) is 32.2 Å². The van der Waals surface area contributed by atoms with Crippen molar-refractivity contribution in [3.8, 4) is 17.2 Å². The number of pyridine rings is 2. The Morgan fingerprint density at radius 3 is 2.47 bits per heavy atom. The van der Waals surface area contributed by atoms with Gasteiger partial charge in [-0.1, -0.05) is 37.8 Å². The van der Waals surface area contributed by atoms with Crippen LogP contribution in [-0.4, -0.2) is 71.9 Å². The molecule has 7 atom stereocenters. The Balaban J connectivity index is 1.29. The molecule has 14 heteroatoms. The van der Waals surface area contributed by atoms with Crippen LogP contribution in [0.25, 0.3) is 11.0 Å². The fraction of sp³-hybridized carbons (Fsp3) is 0.500. The Morgan fingerprint density at radius 1 is 0.971 bits per heavy atom. The van der Waals surface area contributed by atoms with Crippen LogP contribution in [0.1, 0.15) is 147 Å². The van der Waals surface area contributed by atoms with Gasteiger partial charge in [0.2, 0.25) is 0 Å². The molecule has 0 radical (unpaired) electrons. The lowest BCUT2D eigenvalue weighted by molar-refractivity contribution is -0.171. The molecule has 5 aromatic rings. The first-order valence-corrected chi connectivity index (χ1v) is 25.4. The van der Waals surface area contributed by atoms with E-state index in [9.17, 15) is 35.1 Å². The van der Waals surface area contributed by atoms with Gasteiger partial charge in [0.15, 0.2) is 5.43 Å². The number of aromatic hydroxyl groups is 2. The van der Waals surface area contributed by atoms with Gasteiger partial charge in [-0.15, -0.1) is 0 Å². The van der Waals surface area contributed by atoms with Crippen LogP contribution in [0.3, 0.4) is 0 Å². The molecule has 4 aliphatic carbocycles. The number of nitrogens with zero attached hydrogens (tertiary/aromatic N) is 2. The van der Waals surface area contributed by atoms with Crippen LogP contribution in [0.15, 0.2) is 69.7 Å². The van der Waals surface area contributed by atoms with Gasteiger partial charge in [-0.2, -0.15) is 0 Å². The molecule has 11 rings (SSSR count). The number of hydrogen-bond donors (Lipinski definition) is 7. The average Bonchev–Trinajstić information content (AvgIpc) is 3.96. The fourth-order valence-corrected chi connectivity index (χ4v) is 14.6. The van der Waals surface area contributed by atoms with E-state index in [0.717, 1.165) is 83.8 Å². The third-order valence-electron chi connectivity index (χ3n) is 17.7. The number of carbonyl (C=O) groups excluding carboxylic acids is 1. The number of nitrogens with two attached hydrogens (primary N) is 1. The molecule has 8 N–H and O–H groups in total. The Kier molecular flexibility index (Phi) is 11.5. The van der Waals surface area contributed by atoms with Crippen LogP contribution in [0.5, 0.6) is 17.2 Å². The number of rotatable bonds is 7. The van der Waals surface area contributed by atoms with E-state index in [-0.39, 0.29) is 57.6 Å². The molecule has 0 unspecified atom stereocenters. The van der Waals surface area contributed by atoms with Crippen LogP contribution >= 0.6 is 0 Å². The van der Waals surface area contributed by atoms with Crippen molar-refractivity contribution in [2.45, 2.75) is 146 Å². The molecule has 368 valence electrons. The van der Waals surface area contributed by atoms with Crippen molar-refractivity contribution in [3.05, 3.63) is 121 Å². The first-order chi connectivity index (χ1) is 33.8. The van der Waals surface area contributed by atoms with Gasteiger partial charge >= 0.3 is 5.97 Å². The number of ether oxygens (including phenoxy) is 2. The van der Waals surface area contributed by atoms with E-state index in [2.05, 4.69) is 11.4 Å². The predicted octanol–water partition coefficient (Wildman–Crippen LogP) is 7.90. The number of carbonyl (C=O) groups is 1. The highest BCUT2D eigenvalue weighted by atomic mass is 16.6. The Labute approximate surface area is 407 Å². The van der Waals surface area contributed by atoms with Crippen molar-refractivity contribution in [3.63, 3.8) is 0 Å². The second-order valence-electron chi connectivity index (χ2n) is 21.3. The van der Waals surface area contributed by atoms with E-state index in [1.165, 1.54) is 0 Å². The van der Waals surface area contributed by atoms with Crippen molar-refractivity contribution in [2.24, 2.45) is 17.3 Å². The summed E-state index contributed by atoms with van der Waals surface area (Å²) in [6, 6.07) is 10.7. The quantitative estimate of drug-likeness (QED) is 0.0608. The van der Waals surface area contributed by atoms with Gasteiger partial charge in [-0.25, -0.2) is 14.8 Å². The minimum atomic E-state index is -1.39. The van der Waals surface area contributed by atoms with E-state index < -0.39 is 70.8 Å². The van der Waals surface area contributed by atoms with Crippen molar-refractivity contribution < 1.29 is 44.2 Å². The summed E-state index contributed by atoms with van der Waals surface area (Å²) in [5.41, 5.74) is 9.80. The van der Waals surface area contributed by atoms with Crippen LogP contribution in [-0.2, 0) is 41.8 Å². The molecule has 70 heavy (non-hydrogen) atoms.